The predicted molar refractivity (Wildman–Crippen MR) is 78.0 cm³/mol. The molecule has 2 heterocycles. The largest absolute Gasteiger partial charge is 0.289 e. The Bertz CT molecular complexity index is 598. The van der Waals surface area contributed by atoms with Gasteiger partial charge in [0.25, 0.3) is 0 Å². The maximum atomic E-state index is 12.0. The number of halogens is 1. The Labute approximate surface area is 118 Å². The first-order valence-electron chi connectivity index (χ1n) is 5.60. The van der Waals surface area contributed by atoms with Gasteiger partial charge in [-0.3, -0.25) is 9.48 Å². The van der Waals surface area contributed by atoms with E-state index in [1.54, 1.807) is 23.6 Å². The van der Waals surface area contributed by atoms with Crippen molar-refractivity contribution in [1.29, 1.82) is 0 Å². The smallest absolute Gasteiger partial charge is 0.189 e. The zero-order valence-electron chi connectivity index (χ0n) is 10.2. The molecule has 0 saturated carbocycles. The summed E-state index contributed by atoms with van der Waals surface area (Å²) in [6.07, 6.45) is 5.07. The number of rotatable bonds is 4. The Hall–Kier alpha value is -1.20. The quantitative estimate of drug-likeness (QED) is 0.630. The summed E-state index contributed by atoms with van der Waals surface area (Å²) in [4.78, 5) is 13.1. The van der Waals surface area contributed by atoms with Gasteiger partial charge < -0.3 is 0 Å². The third-order valence-electron chi connectivity index (χ3n) is 2.65. The van der Waals surface area contributed by atoms with E-state index in [0.29, 0.717) is 5.56 Å². The SMILES string of the molecule is CCn1ncc(C(=O)/C=C/c2cc(Br)cs2)c1C. The Morgan fingerprint density at radius 3 is 2.94 bits per heavy atom. The summed E-state index contributed by atoms with van der Waals surface area (Å²) in [7, 11) is 0. The van der Waals surface area contributed by atoms with E-state index in [2.05, 4.69) is 21.0 Å². The minimum atomic E-state index is -0.00303. The number of allylic oxidation sites excluding steroid dienone is 1. The summed E-state index contributed by atoms with van der Waals surface area (Å²) < 4.78 is 2.86. The van der Waals surface area contributed by atoms with Crippen molar-refractivity contribution in [3.8, 4) is 0 Å². The van der Waals surface area contributed by atoms with Crippen LogP contribution in [0.25, 0.3) is 6.08 Å². The lowest BCUT2D eigenvalue weighted by atomic mass is 10.1. The van der Waals surface area contributed by atoms with Gasteiger partial charge in [-0.1, -0.05) is 0 Å². The highest BCUT2D eigenvalue weighted by Crippen LogP contribution is 2.21. The highest BCUT2D eigenvalue weighted by molar-refractivity contribution is 9.10. The summed E-state index contributed by atoms with van der Waals surface area (Å²) in [6, 6.07) is 1.98. The van der Waals surface area contributed by atoms with Gasteiger partial charge in [0.05, 0.1) is 11.8 Å². The predicted octanol–water partition coefficient (Wildman–Crippen LogP) is 3.93. The van der Waals surface area contributed by atoms with Crippen molar-refractivity contribution in [2.75, 3.05) is 0 Å². The third-order valence-corrected chi connectivity index (χ3v) is 4.31. The number of thiophene rings is 1. The van der Waals surface area contributed by atoms with E-state index in [0.717, 1.165) is 21.6 Å². The Morgan fingerprint density at radius 1 is 1.61 bits per heavy atom. The first-order valence-corrected chi connectivity index (χ1v) is 7.28. The number of aromatic nitrogens is 2. The summed E-state index contributed by atoms with van der Waals surface area (Å²) in [6.45, 7) is 4.70. The van der Waals surface area contributed by atoms with E-state index in [1.807, 2.05) is 36.1 Å². The van der Waals surface area contributed by atoms with Crippen LogP contribution >= 0.6 is 27.3 Å². The van der Waals surface area contributed by atoms with Gasteiger partial charge in [-0.05, 0) is 48.0 Å². The normalized spacial score (nSPS) is 11.3. The van der Waals surface area contributed by atoms with Gasteiger partial charge in [0.2, 0.25) is 0 Å². The van der Waals surface area contributed by atoms with Crippen LogP contribution in [0.2, 0.25) is 0 Å². The highest BCUT2D eigenvalue weighted by Gasteiger charge is 2.10. The van der Waals surface area contributed by atoms with Crippen LogP contribution in [-0.2, 0) is 6.54 Å². The van der Waals surface area contributed by atoms with Gasteiger partial charge in [0, 0.05) is 27.0 Å². The lowest BCUT2D eigenvalue weighted by Gasteiger charge is -1.99. The van der Waals surface area contributed by atoms with Crippen molar-refractivity contribution >= 4 is 39.1 Å². The molecule has 0 aliphatic heterocycles. The molecule has 94 valence electrons. The number of nitrogens with zero attached hydrogens (tertiary/aromatic N) is 2. The maximum Gasteiger partial charge on any atom is 0.189 e. The molecule has 2 aromatic heterocycles. The molecule has 0 atom stereocenters. The lowest BCUT2D eigenvalue weighted by molar-refractivity contribution is 0.104. The maximum absolute atomic E-state index is 12.0. The molecule has 5 heteroatoms. The average Bonchev–Trinajstić information content (AvgIpc) is 2.92. The monoisotopic (exact) mass is 324 g/mol. The summed E-state index contributed by atoms with van der Waals surface area (Å²) in [5.41, 5.74) is 1.59. The van der Waals surface area contributed by atoms with Gasteiger partial charge in [0.1, 0.15) is 0 Å². The van der Waals surface area contributed by atoms with E-state index in [1.165, 1.54) is 0 Å². The van der Waals surface area contributed by atoms with Crippen LogP contribution in [0.5, 0.6) is 0 Å². The first kappa shape index (κ1) is 13.2. The van der Waals surface area contributed by atoms with Gasteiger partial charge in [-0.2, -0.15) is 5.10 Å². The topological polar surface area (TPSA) is 34.9 Å². The second-order valence-corrected chi connectivity index (χ2v) is 5.68. The van der Waals surface area contributed by atoms with E-state index < -0.39 is 0 Å². The first-order chi connectivity index (χ1) is 8.61. The van der Waals surface area contributed by atoms with Crippen LogP contribution in [0.4, 0.5) is 0 Å². The molecule has 0 saturated heterocycles. The van der Waals surface area contributed by atoms with Crippen molar-refractivity contribution in [1.82, 2.24) is 9.78 Å². The third kappa shape index (κ3) is 2.79. The zero-order chi connectivity index (χ0) is 13.1. The molecule has 0 aromatic carbocycles. The molecular weight excluding hydrogens is 312 g/mol. The molecular formula is C13H13BrN2OS. The summed E-state index contributed by atoms with van der Waals surface area (Å²) in [5.74, 6) is -0.00303. The second kappa shape index (κ2) is 5.63. The molecule has 0 aliphatic carbocycles. The van der Waals surface area contributed by atoms with E-state index in [-0.39, 0.29) is 5.78 Å². The minimum absolute atomic E-state index is 0.00303. The fourth-order valence-electron chi connectivity index (χ4n) is 1.67. The van der Waals surface area contributed by atoms with Crippen molar-refractivity contribution in [2.24, 2.45) is 0 Å². The van der Waals surface area contributed by atoms with E-state index >= 15 is 0 Å². The number of ketones is 1. The van der Waals surface area contributed by atoms with Crippen LogP contribution in [0.3, 0.4) is 0 Å². The van der Waals surface area contributed by atoms with Gasteiger partial charge >= 0.3 is 0 Å². The fourth-order valence-corrected chi connectivity index (χ4v) is 3.01. The lowest BCUT2D eigenvalue weighted by Crippen LogP contribution is -2.01. The van der Waals surface area contributed by atoms with Gasteiger partial charge in [-0.25, -0.2) is 0 Å². The zero-order valence-corrected chi connectivity index (χ0v) is 12.6. The molecule has 0 aliphatic rings. The van der Waals surface area contributed by atoms with E-state index in [4.69, 9.17) is 0 Å². The average molecular weight is 325 g/mol. The molecule has 0 N–H and O–H groups in total. The number of carbonyl (C=O) groups is 1. The van der Waals surface area contributed by atoms with Crippen LogP contribution in [0.1, 0.15) is 27.9 Å². The van der Waals surface area contributed by atoms with E-state index in [9.17, 15) is 4.79 Å². The molecule has 2 aromatic rings. The molecule has 0 fully saturated rings. The highest BCUT2D eigenvalue weighted by atomic mass is 79.9. The minimum Gasteiger partial charge on any atom is -0.289 e. The number of aryl methyl sites for hydroxylation is 1. The standard InChI is InChI=1S/C13H13BrN2OS/c1-3-16-9(2)12(7-15-16)13(17)5-4-11-6-10(14)8-18-11/h4-8H,3H2,1-2H3/b5-4+. The van der Waals surface area contributed by atoms with Crippen LogP contribution in [0.15, 0.2) is 28.2 Å². The number of hydrogen-bond acceptors (Lipinski definition) is 3. The summed E-state index contributed by atoms with van der Waals surface area (Å²) >= 11 is 4.98. The van der Waals surface area contributed by atoms with Crippen molar-refractivity contribution in [3.05, 3.63) is 44.3 Å². The van der Waals surface area contributed by atoms with Crippen LogP contribution in [-0.4, -0.2) is 15.6 Å². The fraction of sp³-hybridized carbons (Fsp3) is 0.231. The molecule has 0 spiro atoms. The second-order valence-electron chi connectivity index (χ2n) is 3.82. The van der Waals surface area contributed by atoms with Crippen molar-refractivity contribution in [2.45, 2.75) is 20.4 Å². The van der Waals surface area contributed by atoms with Crippen molar-refractivity contribution < 1.29 is 4.79 Å². The molecule has 0 radical (unpaired) electrons. The Morgan fingerprint density at radius 2 is 2.39 bits per heavy atom. The Balaban J connectivity index is 2.17. The van der Waals surface area contributed by atoms with Crippen LogP contribution in [0, 0.1) is 6.92 Å². The summed E-state index contributed by atoms with van der Waals surface area (Å²) in [5, 5.41) is 6.16. The molecule has 0 amide bonds. The molecule has 0 unspecified atom stereocenters. The Kier molecular flexibility index (Phi) is 4.14. The number of hydrogen-bond donors (Lipinski definition) is 0. The molecule has 3 nitrogen and oxygen atoms in total. The molecule has 2 rings (SSSR count). The molecule has 0 bridgehead atoms. The van der Waals surface area contributed by atoms with Gasteiger partial charge in [0.15, 0.2) is 5.78 Å². The molecule has 18 heavy (non-hydrogen) atoms. The van der Waals surface area contributed by atoms with Gasteiger partial charge in [-0.15, -0.1) is 11.3 Å². The van der Waals surface area contributed by atoms with Crippen LogP contribution < -0.4 is 0 Å². The number of carbonyl (C=O) groups excluding carboxylic acids is 1. The van der Waals surface area contributed by atoms with Crippen molar-refractivity contribution in [3.63, 3.8) is 0 Å².